The summed E-state index contributed by atoms with van der Waals surface area (Å²) >= 11 is 0. The molecule has 2 rings (SSSR count). The summed E-state index contributed by atoms with van der Waals surface area (Å²) in [6.45, 7) is 6.90. The molecule has 0 aromatic rings. The Morgan fingerprint density at radius 3 is 2.45 bits per heavy atom. The Bertz CT molecular complexity index is 375. The van der Waals surface area contributed by atoms with E-state index in [0.717, 1.165) is 38.5 Å². The monoisotopic (exact) mass is 280 g/mol. The summed E-state index contributed by atoms with van der Waals surface area (Å²) in [7, 11) is 0. The highest BCUT2D eigenvalue weighted by atomic mass is 16.2. The normalized spacial score (nSPS) is 27.6. The number of hydrogen-bond acceptors (Lipinski definition) is 2. The zero-order valence-corrected chi connectivity index (χ0v) is 13.1. The molecular weight excluding hydrogens is 252 g/mol. The van der Waals surface area contributed by atoms with Crippen LogP contribution in [0.4, 0.5) is 0 Å². The van der Waals surface area contributed by atoms with Crippen LogP contribution in [0.2, 0.25) is 0 Å². The van der Waals surface area contributed by atoms with E-state index in [1.165, 1.54) is 6.42 Å². The number of nitrogens with one attached hydrogen (secondary N) is 1. The molecule has 1 aliphatic carbocycles. The van der Waals surface area contributed by atoms with Crippen molar-refractivity contribution in [2.75, 3.05) is 6.54 Å². The van der Waals surface area contributed by atoms with Gasteiger partial charge in [-0.2, -0.15) is 0 Å². The lowest BCUT2D eigenvalue weighted by Crippen LogP contribution is -2.72. The van der Waals surface area contributed by atoms with Gasteiger partial charge in [0.2, 0.25) is 11.8 Å². The average Bonchev–Trinajstić information content (AvgIpc) is 2.48. The van der Waals surface area contributed by atoms with Crippen molar-refractivity contribution in [3.05, 3.63) is 0 Å². The molecule has 2 fully saturated rings. The third kappa shape index (κ3) is 2.45. The summed E-state index contributed by atoms with van der Waals surface area (Å²) in [4.78, 5) is 27.5. The van der Waals surface area contributed by atoms with Crippen LogP contribution >= 0.6 is 0 Å². The maximum absolute atomic E-state index is 12.8. The molecule has 0 aromatic heterocycles. The first kappa shape index (κ1) is 15.3. The van der Waals surface area contributed by atoms with Gasteiger partial charge in [0.15, 0.2) is 0 Å². The highest BCUT2D eigenvalue weighted by Crippen LogP contribution is 2.37. The van der Waals surface area contributed by atoms with Crippen LogP contribution in [0.1, 0.15) is 65.7 Å². The Hall–Kier alpha value is -1.06. The van der Waals surface area contributed by atoms with E-state index in [-0.39, 0.29) is 23.8 Å². The largest absolute Gasteiger partial charge is 0.342 e. The molecule has 1 heterocycles. The predicted octanol–water partition coefficient (Wildman–Crippen LogP) is 2.47. The third-order valence-electron chi connectivity index (χ3n) is 5.10. The molecule has 2 aliphatic rings. The Morgan fingerprint density at radius 1 is 1.25 bits per heavy atom. The second-order valence-corrected chi connectivity index (χ2v) is 6.42. The fraction of sp³-hybridized carbons (Fsp3) is 0.875. The number of carbonyl (C=O) groups excluding carboxylic acids is 2. The molecule has 0 aromatic carbocycles. The molecule has 1 N–H and O–H groups in total. The highest BCUT2D eigenvalue weighted by Gasteiger charge is 2.52. The van der Waals surface area contributed by atoms with Gasteiger partial charge in [-0.1, -0.05) is 46.5 Å². The smallest absolute Gasteiger partial charge is 0.246 e. The molecule has 1 saturated carbocycles. The molecule has 0 bridgehead atoms. The van der Waals surface area contributed by atoms with Crippen molar-refractivity contribution in [2.45, 2.75) is 77.3 Å². The summed E-state index contributed by atoms with van der Waals surface area (Å²) in [6.07, 6.45) is 6.76. The molecule has 1 spiro atoms. The molecule has 2 atom stereocenters. The molecule has 0 radical (unpaired) electrons. The third-order valence-corrected chi connectivity index (χ3v) is 5.10. The fourth-order valence-electron chi connectivity index (χ4n) is 3.64. The van der Waals surface area contributed by atoms with Crippen molar-refractivity contribution < 1.29 is 9.59 Å². The quantitative estimate of drug-likeness (QED) is 0.860. The first-order valence-corrected chi connectivity index (χ1v) is 8.19. The molecule has 2 amide bonds. The predicted molar refractivity (Wildman–Crippen MR) is 79.2 cm³/mol. The van der Waals surface area contributed by atoms with E-state index < -0.39 is 5.54 Å². The first-order chi connectivity index (χ1) is 9.56. The average molecular weight is 280 g/mol. The van der Waals surface area contributed by atoms with Crippen LogP contribution in [0.3, 0.4) is 0 Å². The van der Waals surface area contributed by atoms with Crippen molar-refractivity contribution in [1.82, 2.24) is 10.2 Å². The fourth-order valence-corrected chi connectivity index (χ4v) is 3.64. The molecular formula is C16H28N2O2. The summed E-state index contributed by atoms with van der Waals surface area (Å²) in [5.74, 6) is 0.435. The van der Waals surface area contributed by atoms with Crippen molar-refractivity contribution in [3.63, 3.8) is 0 Å². The Labute approximate surface area is 122 Å². The van der Waals surface area contributed by atoms with Crippen molar-refractivity contribution in [3.8, 4) is 0 Å². The Kier molecular flexibility index (Phi) is 4.71. The minimum Gasteiger partial charge on any atom is -0.342 e. The van der Waals surface area contributed by atoms with E-state index in [1.807, 2.05) is 11.8 Å². The van der Waals surface area contributed by atoms with Gasteiger partial charge in [0.1, 0.15) is 11.6 Å². The number of carbonyl (C=O) groups is 2. The number of piperazine rings is 1. The van der Waals surface area contributed by atoms with Crippen LogP contribution in [-0.2, 0) is 9.59 Å². The second kappa shape index (κ2) is 6.15. The van der Waals surface area contributed by atoms with Gasteiger partial charge in [0, 0.05) is 6.54 Å². The maximum Gasteiger partial charge on any atom is 0.246 e. The lowest BCUT2D eigenvalue weighted by molar-refractivity contribution is -0.161. The molecule has 114 valence electrons. The van der Waals surface area contributed by atoms with E-state index in [4.69, 9.17) is 0 Å². The topological polar surface area (TPSA) is 49.4 Å². The molecule has 20 heavy (non-hydrogen) atoms. The van der Waals surface area contributed by atoms with Crippen LogP contribution in [0, 0.1) is 5.92 Å². The van der Waals surface area contributed by atoms with E-state index in [2.05, 4.69) is 19.2 Å². The molecule has 1 saturated heterocycles. The zero-order chi connectivity index (χ0) is 14.8. The van der Waals surface area contributed by atoms with Crippen LogP contribution < -0.4 is 5.32 Å². The van der Waals surface area contributed by atoms with Crippen molar-refractivity contribution in [2.24, 2.45) is 5.92 Å². The van der Waals surface area contributed by atoms with Crippen LogP contribution in [0.15, 0.2) is 0 Å². The van der Waals surface area contributed by atoms with Gasteiger partial charge in [-0.3, -0.25) is 9.59 Å². The van der Waals surface area contributed by atoms with Gasteiger partial charge in [-0.25, -0.2) is 0 Å². The number of amides is 2. The van der Waals surface area contributed by atoms with E-state index in [0.29, 0.717) is 6.54 Å². The number of hydrogen-bond donors (Lipinski definition) is 1. The van der Waals surface area contributed by atoms with Crippen LogP contribution in [0.5, 0.6) is 0 Å². The lowest BCUT2D eigenvalue weighted by Gasteiger charge is -2.51. The number of nitrogens with zero attached hydrogens (tertiary/aromatic N) is 1. The number of rotatable bonds is 4. The van der Waals surface area contributed by atoms with E-state index in [9.17, 15) is 9.59 Å². The Balaban J connectivity index is 2.30. The summed E-state index contributed by atoms with van der Waals surface area (Å²) in [6, 6.07) is -0.327. The van der Waals surface area contributed by atoms with E-state index in [1.54, 1.807) is 0 Å². The SMILES string of the molecule is CCCN1C(=O)C(C(C)CC)NC(=O)C12CCCCC2. The maximum atomic E-state index is 12.8. The van der Waals surface area contributed by atoms with Crippen molar-refractivity contribution >= 4 is 11.8 Å². The zero-order valence-electron chi connectivity index (χ0n) is 13.1. The van der Waals surface area contributed by atoms with E-state index >= 15 is 0 Å². The molecule has 4 nitrogen and oxygen atoms in total. The summed E-state index contributed by atoms with van der Waals surface area (Å²) < 4.78 is 0. The van der Waals surface area contributed by atoms with Gasteiger partial charge in [0.25, 0.3) is 0 Å². The first-order valence-electron chi connectivity index (χ1n) is 8.19. The van der Waals surface area contributed by atoms with Gasteiger partial charge in [-0.15, -0.1) is 0 Å². The van der Waals surface area contributed by atoms with Gasteiger partial charge < -0.3 is 10.2 Å². The lowest BCUT2D eigenvalue weighted by atomic mass is 9.76. The van der Waals surface area contributed by atoms with Gasteiger partial charge in [-0.05, 0) is 25.2 Å². The minimum absolute atomic E-state index is 0.0931. The second-order valence-electron chi connectivity index (χ2n) is 6.42. The summed E-state index contributed by atoms with van der Waals surface area (Å²) in [5, 5.41) is 3.04. The van der Waals surface area contributed by atoms with Gasteiger partial charge >= 0.3 is 0 Å². The van der Waals surface area contributed by atoms with Crippen LogP contribution in [-0.4, -0.2) is 34.8 Å². The standard InChI is InChI=1S/C16H28N2O2/c1-4-11-18-14(19)13(12(3)5-2)17-15(20)16(18)9-7-6-8-10-16/h12-13H,4-11H2,1-3H3,(H,17,20). The highest BCUT2D eigenvalue weighted by molar-refractivity contribution is 6.00. The molecule has 4 heteroatoms. The Morgan fingerprint density at radius 2 is 1.90 bits per heavy atom. The minimum atomic E-state index is -0.546. The summed E-state index contributed by atoms with van der Waals surface area (Å²) in [5.41, 5.74) is -0.546. The van der Waals surface area contributed by atoms with Crippen LogP contribution in [0.25, 0.3) is 0 Å². The molecule has 2 unspecified atom stereocenters. The molecule has 1 aliphatic heterocycles. The van der Waals surface area contributed by atoms with Gasteiger partial charge in [0.05, 0.1) is 0 Å². The van der Waals surface area contributed by atoms with Crippen molar-refractivity contribution in [1.29, 1.82) is 0 Å².